The number of hydrogen-bond donors (Lipinski definition) is 1. The summed E-state index contributed by atoms with van der Waals surface area (Å²) in [5.41, 5.74) is 1.07. The second-order valence-corrected chi connectivity index (χ2v) is 5.98. The van der Waals surface area contributed by atoms with Crippen LogP contribution in [0, 0.1) is 0 Å². The molecule has 0 spiro atoms. The fourth-order valence-electron chi connectivity index (χ4n) is 2.26. The summed E-state index contributed by atoms with van der Waals surface area (Å²) in [6.45, 7) is 9.91. The van der Waals surface area contributed by atoms with Gasteiger partial charge in [0.05, 0.1) is 18.2 Å². The maximum Gasteiger partial charge on any atom is 0.0669 e. The minimum absolute atomic E-state index is 0.133. The summed E-state index contributed by atoms with van der Waals surface area (Å²) >= 11 is 0. The lowest BCUT2D eigenvalue weighted by Crippen LogP contribution is -2.30. The summed E-state index contributed by atoms with van der Waals surface area (Å²) in [5.74, 6) is 0. The number of fused-ring (bicyclic) bond motifs is 1. The first-order valence-corrected chi connectivity index (χ1v) is 7.21. The summed E-state index contributed by atoms with van der Waals surface area (Å²) < 4.78 is 5.96. The molecule has 0 aliphatic rings. The van der Waals surface area contributed by atoms with Crippen LogP contribution >= 0.6 is 0 Å². The van der Waals surface area contributed by atoms with Crippen molar-refractivity contribution in [2.75, 3.05) is 13.2 Å². The van der Waals surface area contributed by atoms with Gasteiger partial charge in [-0.15, -0.1) is 0 Å². The van der Waals surface area contributed by atoms with E-state index in [4.69, 9.17) is 4.74 Å². The van der Waals surface area contributed by atoms with Crippen molar-refractivity contribution >= 4 is 10.8 Å². The van der Waals surface area contributed by atoms with Crippen LogP contribution in [0.5, 0.6) is 0 Å². The zero-order valence-corrected chi connectivity index (χ0v) is 12.8. The van der Waals surface area contributed by atoms with Crippen LogP contribution in [-0.4, -0.2) is 23.7 Å². The quantitative estimate of drug-likeness (QED) is 0.901. The maximum absolute atomic E-state index is 5.96. The van der Waals surface area contributed by atoms with Gasteiger partial charge < -0.3 is 10.1 Å². The first-order chi connectivity index (χ1) is 9.51. The smallest absolute Gasteiger partial charge is 0.0669 e. The van der Waals surface area contributed by atoms with Gasteiger partial charge in [0.25, 0.3) is 0 Å². The van der Waals surface area contributed by atoms with E-state index in [9.17, 15) is 0 Å². The molecular formula is C17H24N2O. The van der Waals surface area contributed by atoms with Crippen molar-refractivity contribution in [3.8, 4) is 0 Å². The zero-order valence-electron chi connectivity index (χ0n) is 12.8. The number of nitrogens with one attached hydrogen (secondary N) is 1. The number of ether oxygens (including phenoxy) is 1. The van der Waals surface area contributed by atoms with Gasteiger partial charge >= 0.3 is 0 Å². The second-order valence-electron chi connectivity index (χ2n) is 5.98. The Balaban J connectivity index is 2.31. The van der Waals surface area contributed by atoms with E-state index >= 15 is 0 Å². The maximum atomic E-state index is 5.96. The van der Waals surface area contributed by atoms with Crippen LogP contribution in [0.2, 0.25) is 0 Å². The Kier molecular flexibility index (Phi) is 4.73. The first kappa shape index (κ1) is 14.9. The number of pyridine rings is 1. The summed E-state index contributed by atoms with van der Waals surface area (Å²) in [6.07, 6.45) is 3.86. The van der Waals surface area contributed by atoms with Crippen LogP contribution in [0.15, 0.2) is 36.7 Å². The first-order valence-electron chi connectivity index (χ1n) is 7.21. The Bertz CT molecular complexity index is 555. The number of aromatic nitrogens is 1. The molecule has 0 saturated heterocycles. The molecule has 1 aromatic carbocycles. The van der Waals surface area contributed by atoms with Crippen molar-refractivity contribution in [2.24, 2.45) is 0 Å². The largest absolute Gasteiger partial charge is 0.374 e. The molecule has 0 aliphatic carbocycles. The topological polar surface area (TPSA) is 34.1 Å². The molecular weight excluding hydrogens is 248 g/mol. The highest BCUT2D eigenvalue weighted by molar-refractivity contribution is 5.85. The summed E-state index contributed by atoms with van der Waals surface area (Å²) in [5, 5.41) is 5.91. The molecule has 0 radical (unpaired) electrons. The van der Waals surface area contributed by atoms with Gasteiger partial charge in [-0.05, 0) is 38.3 Å². The lowest BCUT2D eigenvalue weighted by atomic mass is 10.0. The lowest BCUT2D eigenvalue weighted by Gasteiger charge is -2.25. The molecule has 20 heavy (non-hydrogen) atoms. The fourth-order valence-corrected chi connectivity index (χ4v) is 2.26. The molecule has 108 valence electrons. The molecule has 0 bridgehead atoms. The summed E-state index contributed by atoms with van der Waals surface area (Å²) in [7, 11) is 0. The monoisotopic (exact) mass is 272 g/mol. The average molecular weight is 272 g/mol. The van der Waals surface area contributed by atoms with E-state index in [0.29, 0.717) is 6.61 Å². The van der Waals surface area contributed by atoms with Crippen LogP contribution < -0.4 is 5.32 Å². The van der Waals surface area contributed by atoms with Crippen molar-refractivity contribution in [1.82, 2.24) is 10.3 Å². The van der Waals surface area contributed by atoms with E-state index in [2.05, 4.69) is 56.2 Å². The molecule has 1 aromatic heterocycles. The second kappa shape index (κ2) is 6.33. The summed E-state index contributed by atoms with van der Waals surface area (Å²) in [6, 6.07) is 8.52. The van der Waals surface area contributed by atoms with Crippen molar-refractivity contribution in [1.29, 1.82) is 0 Å². The van der Waals surface area contributed by atoms with Crippen LogP contribution in [-0.2, 0) is 4.74 Å². The highest BCUT2D eigenvalue weighted by Gasteiger charge is 2.18. The highest BCUT2D eigenvalue weighted by Crippen LogP contribution is 2.24. The van der Waals surface area contributed by atoms with Gasteiger partial charge in [0.15, 0.2) is 0 Å². The lowest BCUT2D eigenvalue weighted by molar-refractivity contribution is -0.0144. The van der Waals surface area contributed by atoms with E-state index in [-0.39, 0.29) is 11.6 Å². The Morgan fingerprint density at radius 1 is 1.20 bits per heavy atom. The predicted octanol–water partition coefficient (Wildman–Crippen LogP) is 3.70. The molecule has 0 fully saturated rings. The van der Waals surface area contributed by atoms with Crippen molar-refractivity contribution in [3.05, 3.63) is 42.2 Å². The van der Waals surface area contributed by atoms with Gasteiger partial charge in [0, 0.05) is 17.8 Å². The average Bonchev–Trinajstić information content (AvgIpc) is 2.42. The third-order valence-electron chi connectivity index (χ3n) is 3.21. The van der Waals surface area contributed by atoms with Crippen molar-refractivity contribution in [3.63, 3.8) is 0 Å². The Morgan fingerprint density at radius 3 is 2.65 bits per heavy atom. The zero-order chi connectivity index (χ0) is 14.6. The van der Waals surface area contributed by atoms with Crippen LogP contribution in [0.3, 0.4) is 0 Å². The van der Waals surface area contributed by atoms with Crippen LogP contribution in [0.25, 0.3) is 10.8 Å². The molecule has 3 heteroatoms. The number of rotatable bonds is 5. The number of likely N-dealkylation sites (N-methyl/N-ethyl adjacent to an activating group) is 1. The SMILES string of the molecule is CCNC(COC(C)(C)C)c1cncc2ccccc12. The van der Waals surface area contributed by atoms with Gasteiger partial charge in [0.2, 0.25) is 0 Å². The fraction of sp³-hybridized carbons (Fsp3) is 0.471. The molecule has 1 unspecified atom stereocenters. The van der Waals surface area contributed by atoms with E-state index in [1.54, 1.807) is 0 Å². The van der Waals surface area contributed by atoms with Crippen molar-refractivity contribution < 1.29 is 4.74 Å². The molecule has 0 aliphatic heterocycles. The molecule has 0 saturated carbocycles. The third-order valence-corrected chi connectivity index (χ3v) is 3.21. The standard InChI is InChI=1S/C17H24N2O/c1-5-19-16(12-20-17(2,3)4)15-11-18-10-13-8-6-7-9-14(13)15/h6-11,16,19H,5,12H2,1-4H3. The van der Waals surface area contributed by atoms with E-state index in [0.717, 1.165) is 6.54 Å². The van der Waals surface area contributed by atoms with Gasteiger partial charge in [-0.25, -0.2) is 0 Å². The van der Waals surface area contributed by atoms with Crippen molar-refractivity contribution in [2.45, 2.75) is 39.3 Å². The Hall–Kier alpha value is -1.45. The molecule has 1 heterocycles. The number of benzene rings is 1. The normalized spacial score (nSPS) is 13.6. The molecule has 2 rings (SSSR count). The number of nitrogens with zero attached hydrogens (tertiary/aromatic N) is 1. The predicted molar refractivity (Wildman–Crippen MR) is 83.9 cm³/mol. The molecule has 0 amide bonds. The van der Waals surface area contributed by atoms with Crippen LogP contribution in [0.4, 0.5) is 0 Å². The summed E-state index contributed by atoms with van der Waals surface area (Å²) in [4.78, 5) is 4.36. The Morgan fingerprint density at radius 2 is 1.95 bits per heavy atom. The minimum Gasteiger partial charge on any atom is -0.374 e. The van der Waals surface area contributed by atoms with Gasteiger partial charge in [-0.1, -0.05) is 31.2 Å². The van der Waals surface area contributed by atoms with Gasteiger partial charge in [-0.3, -0.25) is 4.98 Å². The van der Waals surface area contributed by atoms with E-state index < -0.39 is 0 Å². The Labute approximate surface area is 121 Å². The third kappa shape index (κ3) is 3.78. The van der Waals surface area contributed by atoms with Crippen LogP contribution in [0.1, 0.15) is 39.3 Å². The highest BCUT2D eigenvalue weighted by atomic mass is 16.5. The minimum atomic E-state index is -0.133. The van der Waals surface area contributed by atoms with Gasteiger partial charge in [0.1, 0.15) is 0 Å². The number of hydrogen-bond acceptors (Lipinski definition) is 3. The van der Waals surface area contributed by atoms with E-state index in [1.165, 1.54) is 16.3 Å². The molecule has 2 aromatic rings. The molecule has 1 N–H and O–H groups in total. The molecule has 3 nitrogen and oxygen atoms in total. The van der Waals surface area contributed by atoms with Gasteiger partial charge in [-0.2, -0.15) is 0 Å². The van der Waals surface area contributed by atoms with E-state index in [1.807, 2.05) is 18.5 Å². The molecule has 1 atom stereocenters.